The maximum atomic E-state index is 12.5. The van der Waals surface area contributed by atoms with Crippen LogP contribution in [0.15, 0.2) is 24.3 Å². The lowest BCUT2D eigenvalue weighted by Gasteiger charge is -2.32. The van der Waals surface area contributed by atoms with Gasteiger partial charge in [-0.1, -0.05) is 0 Å². The van der Waals surface area contributed by atoms with Crippen LogP contribution in [0.2, 0.25) is 0 Å². The van der Waals surface area contributed by atoms with Crippen molar-refractivity contribution in [3.8, 4) is 0 Å². The molecule has 1 aliphatic rings. The molecule has 0 radical (unpaired) electrons. The first kappa shape index (κ1) is 18.4. The number of carbonyl (C=O) groups is 1. The van der Waals surface area contributed by atoms with Gasteiger partial charge in [0.25, 0.3) is 6.43 Å². The van der Waals surface area contributed by atoms with Gasteiger partial charge in [-0.2, -0.15) is 13.2 Å². The lowest BCUT2D eigenvalue weighted by atomic mass is 10.1. The van der Waals surface area contributed by atoms with Crippen LogP contribution in [0.5, 0.6) is 0 Å². The van der Waals surface area contributed by atoms with Gasteiger partial charge < -0.3 is 10.6 Å². The van der Waals surface area contributed by atoms with Crippen LogP contribution < -0.4 is 10.6 Å². The number of urea groups is 1. The van der Waals surface area contributed by atoms with Crippen molar-refractivity contribution in [1.82, 2.24) is 10.2 Å². The highest BCUT2D eigenvalue weighted by atomic mass is 19.4. The molecule has 9 heteroatoms. The summed E-state index contributed by atoms with van der Waals surface area (Å²) in [6, 6.07) is 3.45. The van der Waals surface area contributed by atoms with E-state index >= 15 is 0 Å². The van der Waals surface area contributed by atoms with Crippen LogP contribution in [-0.4, -0.2) is 43.0 Å². The smallest absolute Gasteiger partial charge is 0.335 e. The van der Waals surface area contributed by atoms with Gasteiger partial charge in [-0.3, -0.25) is 4.90 Å². The van der Waals surface area contributed by atoms with E-state index in [-0.39, 0.29) is 18.3 Å². The summed E-state index contributed by atoms with van der Waals surface area (Å²) in [5.74, 6) is 0. The summed E-state index contributed by atoms with van der Waals surface area (Å²) in [4.78, 5) is 13.5. The van der Waals surface area contributed by atoms with Crippen LogP contribution in [0.25, 0.3) is 0 Å². The minimum Gasteiger partial charge on any atom is -0.335 e. The molecule has 2 N–H and O–H groups in total. The van der Waals surface area contributed by atoms with Crippen molar-refractivity contribution in [2.75, 3.05) is 25.0 Å². The fraction of sp³-hybridized carbons (Fsp3) is 0.533. The second kappa shape index (κ2) is 7.78. The van der Waals surface area contributed by atoms with Gasteiger partial charge in [-0.25, -0.2) is 13.6 Å². The van der Waals surface area contributed by atoms with E-state index in [1.165, 1.54) is 12.1 Å². The molecule has 0 bridgehead atoms. The number of amides is 2. The fourth-order valence-corrected chi connectivity index (χ4v) is 2.55. The van der Waals surface area contributed by atoms with E-state index in [2.05, 4.69) is 10.6 Å². The first-order valence-corrected chi connectivity index (χ1v) is 7.49. The van der Waals surface area contributed by atoms with Gasteiger partial charge in [0.2, 0.25) is 0 Å². The van der Waals surface area contributed by atoms with Gasteiger partial charge in [0.05, 0.1) is 12.1 Å². The predicted octanol–water partition coefficient (Wildman–Crippen LogP) is 3.56. The third-order valence-corrected chi connectivity index (χ3v) is 3.79. The average molecular weight is 351 g/mol. The zero-order chi connectivity index (χ0) is 17.7. The number of piperidine rings is 1. The van der Waals surface area contributed by atoms with Gasteiger partial charge in [0.15, 0.2) is 0 Å². The van der Waals surface area contributed by atoms with Gasteiger partial charge in [0.1, 0.15) is 0 Å². The molecule has 0 saturated carbocycles. The topological polar surface area (TPSA) is 44.4 Å². The molecule has 2 amide bonds. The highest BCUT2D eigenvalue weighted by Crippen LogP contribution is 2.29. The molecule has 1 aromatic carbocycles. The Morgan fingerprint density at radius 1 is 1.17 bits per heavy atom. The summed E-state index contributed by atoms with van der Waals surface area (Å²) in [6.45, 7) is 0.662. The van der Waals surface area contributed by atoms with E-state index in [1.807, 2.05) is 0 Å². The van der Waals surface area contributed by atoms with Crippen LogP contribution in [0.3, 0.4) is 0 Å². The second-order valence-electron chi connectivity index (χ2n) is 5.64. The number of nitrogens with zero attached hydrogens (tertiary/aromatic N) is 1. The van der Waals surface area contributed by atoms with Crippen molar-refractivity contribution in [2.45, 2.75) is 31.5 Å². The summed E-state index contributed by atoms with van der Waals surface area (Å²) in [7, 11) is 0. The summed E-state index contributed by atoms with van der Waals surface area (Å²) < 4.78 is 61.9. The predicted molar refractivity (Wildman–Crippen MR) is 79.1 cm³/mol. The number of carbonyl (C=O) groups excluding carboxylic acids is 1. The van der Waals surface area contributed by atoms with Gasteiger partial charge in [-0.05, 0) is 37.1 Å². The van der Waals surface area contributed by atoms with E-state index in [9.17, 15) is 26.7 Å². The number of anilines is 1. The Kier molecular flexibility index (Phi) is 5.98. The first-order valence-electron chi connectivity index (χ1n) is 7.49. The fourth-order valence-electron chi connectivity index (χ4n) is 2.55. The Balaban J connectivity index is 1.78. The number of hydrogen-bond acceptors (Lipinski definition) is 2. The minimum absolute atomic E-state index is 0.145. The molecule has 0 spiro atoms. The van der Waals surface area contributed by atoms with Crippen LogP contribution in [-0.2, 0) is 6.18 Å². The Hall–Kier alpha value is -1.90. The lowest BCUT2D eigenvalue weighted by molar-refractivity contribution is -0.137. The molecule has 1 saturated heterocycles. The number of hydrogen-bond donors (Lipinski definition) is 2. The largest absolute Gasteiger partial charge is 0.416 e. The number of halogens is 5. The van der Waals surface area contributed by atoms with Gasteiger partial charge in [-0.15, -0.1) is 0 Å². The van der Waals surface area contributed by atoms with Crippen molar-refractivity contribution in [3.63, 3.8) is 0 Å². The molecule has 0 atom stereocenters. The average Bonchev–Trinajstić information content (AvgIpc) is 2.48. The van der Waals surface area contributed by atoms with Crippen LogP contribution in [0, 0.1) is 0 Å². The quantitative estimate of drug-likeness (QED) is 0.815. The van der Waals surface area contributed by atoms with Crippen LogP contribution in [0.4, 0.5) is 32.4 Å². The van der Waals surface area contributed by atoms with Crippen molar-refractivity contribution >= 4 is 11.7 Å². The van der Waals surface area contributed by atoms with Crippen molar-refractivity contribution < 1.29 is 26.7 Å². The molecule has 0 aliphatic carbocycles. The number of rotatable bonds is 4. The standard InChI is InChI=1S/C15H18F5N3O/c16-13(17)9-23-7-5-12(6-8-23)22-14(24)21-11-3-1-10(2-4-11)15(18,19)20/h1-4,12-13H,5-9H2,(H2,21,22,24). The first-order chi connectivity index (χ1) is 11.2. The van der Waals surface area contributed by atoms with Crippen LogP contribution in [0.1, 0.15) is 18.4 Å². The highest BCUT2D eigenvalue weighted by Gasteiger charge is 2.30. The summed E-state index contributed by atoms with van der Waals surface area (Å²) in [5, 5.41) is 5.16. The number of likely N-dealkylation sites (tertiary alicyclic amines) is 1. The normalized spacial score (nSPS) is 17.1. The Morgan fingerprint density at radius 2 is 1.75 bits per heavy atom. The highest BCUT2D eigenvalue weighted by molar-refractivity contribution is 5.89. The van der Waals surface area contributed by atoms with Gasteiger partial charge in [0, 0.05) is 24.8 Å². The molecule has 4 nitrogen and oxygen atoms in total. The second-order valence-corrected chi connectivity index (χ2v) is 5.64. The van der Waals surface area contributed by atoms with E-state index in [0.29, 0.717) is 25.9 Å². The molecular weight excluding hydrogens is 333 g/mol. The van der Waals surface area contributed by atoms with E-state index < -0.39 is 24.2 Å². The summed E-state index contributed by atoms with van der Waals surface area (Å²) in [6.07, 6.45) is -5.70. The number of nitrogens with one attached hydrogen (secondary N) is 2. The molecule has 1 heterocycles. The molecule has 2 rings (SSSR count). The van der Waals surface area contributed by atoms with E-state index in [1.54, 1.807) is 4.90 Å². The van der Waals surface area contributed by atoms with Crippen molar-refractivity contribution in [3.05, 3.63) is 29.8 Å². The molecule has 134 valence electrons. The molecule has 0 unspecified atom stereocenters. The zero-order valence-electron chi connectivity index (χ0n) is 12.7. The molecular formula is C15H18F5N3O. The lowest BCUT2D eigenvalue weighted by Crippen LogP contribution is -2.46. The Bertz CT molecular complexity index is 539. The van der Waals surface area contributed by atoms with E-state index in [4.69, 9.17) is 0 Å². The van der Waals surface area contributed by atoms with E-state index in [0.717, 1.165) is 12.1 Å². The number of benzene rings is 1. The van der Waals surface area contributed by atoms with Crippen molar-refractivity contribution in [2.24, 2.45) is 0 Å². The molecule has 1 aromatic rings. The number of alkyl halides is 5. The SMILES string of the molecule is O=C(Nc1ccc(C(F)(F)F)cc1)NC1CCN(CC(F)F)CC1. The van der Waals surface area contributed by atoms with Gasteiger partial charge >= 0.3 is 12.2 Å². The van der Waals surface area contributed by atoms with Crippen molar-refractivity contribution in [1.29, 1.82) is 0 Å². The summed E-state index contributed by atoms with van der Waals surface area (Å²) >= 11 is 0. The molecule has 1 aliphatic heterocycles. The Labute approximate surface area is 136 Å². The monoisotopic (exact) mass is 351 g/mol. The minimum atomic E-state index is -4.42. The molecule has 0 aromatic heterocycles. The Morgan fingerprint density at radius 3 is 2.25 bits per heavy atom. The van der Waals surface area contributed by atoms with Crippen LogP contribution >= 0.6 is 0 Å². The summed E-state index contributed by atoms with van der Waals surface area (Å²) in [5.41, 5.74) is -0.546. The molecule has 24 heavy (non-hydrogen) atoms. The third kappa shape index (κ3) is 5.63. The maximum absolute atomic E-state index is 12.5. The zero-order valence-corrected chi connectivity index (χ0v) is 12.7. The maximum Gasteiger partial charge on any atom is 0.416 e. The molecule has 1 fully saturated rings. The third-order valence-electron chi connectivity index (χ3n) is 3.79.